The first-order chi connectivity index (χ1) is 12.0. The van der Waals surface area contributed by atoms with Gasteiger partial charge in [0, 0.05) is 6.42 Å². The van der Waals surface area contributed by atoms with E-state index < -0.39 is 5.97 Å². The monoisotopic (exact) mass is 343 g/mol. The molecule has 0 spiro atoms. The average Bonchev–Trinajstić information content (AvgIpc) is 2.99. The standard InChI is InChI=1S/C19H25N3O3/c1-5-7-17(23)21-18-16(19(24)25-6-2)12-20-22(18)15-10-8-14(9-11-15)13(3)4/h8-13H,5-7H2,1-4H3,(H,21,23). The fourth-order valence-electron chi connectivity index (χ4n) is 2.44. The first kappa shape index (κ1) is 18.7. The number of hydrogen-bond donors (Lipinski definition) is 1. The number of nitrogens with zero attached hydrogens (tertiary/aromatic N) is 2. The summed E-state index contributed by atoms with van der Waals surface area (Å²) in [5, 5.41) is 7.07. The van der Waals surface area contributed by atoms with Crippen molar-refractivity contribution in [2.75, 3.05) is 11.9 Å². The highest BCUT2D eigenvalue weighted by atomic mass is 16.5. The Labute approximate surface area is 148 Å². The van der Waals surface area contributed by atoms with Crippen molar-refractivity contribution >= 4 is 17.7 Å². The SMILES string of the molecule is CCCC(=O)Nc1c(C(=O)OCC)cnn1-c1ccc(C(C)C)cc1. The lowest BCUT2D eigenvalue weighted by atomic mass is 10.0. The van der Waals surface area contributed by atoms with Gasteiger partial charge in [-0.05, 0) is 37.0 Å². The van der Waals surface area contributed by atoms with E-state index in [4.69, 9.17) is 4.74 Å². The van der Waals surface area contributed by atoms with Gasteiger partial charge in [-0.15, -0.1) is 0 Å². The fourth-order valence-corrected chi connectivity index (χ4v) is 2.44. The molecule has 2 rings (SSSR count). The first-order valence-corrected chi connectivity index (χ1v) is 8.63. The number of aromatic nitrogens is 2. The van der Waals surface area contributed by atoms with E-state index in [0.717, 1.165) is 12.1 Å². The predicted octanol–water partition coefficient (Wildman–Crippen LogP) is 3.91. The summed E-state index contributed by atoms with van der Waals surface area (Å²) < 4.78 is 6.63. The van der Waals surface area contributed by atoms with E-state index >= 15 is 0 Å². The number of ether oxygens (including phenoxy) is 1. The van der Waals surface area contributed by atoms with Crippen molar-refractivity contribution in [1.82, 2.24) is 9.78 Å². The normalized spacial score (nSPS) is 10.8. The number of esters is 1. The van der Waals surface area contributed by atoms with Crippen LogP contribution in [0.2, 0.25) is 0 Å². The Kier molecular flexibility index (Phi) is 6.33. The van der Waals surface area contributed by atoms with Gasteiger partial charge in [0.15, 0.2) is 5.82 Å². The third-order valence-corrected chi connectivity index (χ3v) is 3.80. The Balaban J connectivity index is 2.42. The molecule has 6 heteroatoms. The number of rotatable bonds is 7. The lowest BCUT2D eigenvalue weighted by Crippen LogP contribution is -2.17. The van der Waals surface area contributed by atoms with Crippen LogP contribution in [0.1, 0.15) is 62.4 Å². The van der Waals surface area contributed by atoms with Gasteiger partial charge in [0.1, 0.15) is 5.56 Å². The van der Waals surface area contributed by atoms with E-state index in [-0.39, 0.29) is 18.1 Å². The van der Waals surface area contributed by atoms with Gasteiger partial charge in [0.05, 0.1) is 18.5 Å². The number of hydrogen-bond acceptors (Lipinski definition) is 4. The van der Waals surface area contributed by atoms with Gasteiger partial charge < -0.3 is 10.1 Å². The molecule has 1 aromatic carbocycles. The van der Waals surface area contributed by atoms with Gasteiger partial charge in [0.25, 0.3) is 0 Å². The van der Waals surface area contributed by atoms with Gasteiger partial charge >= 0.3 is 5.97 Å². The predicted molar refractivity (Wildman–Crippen MR) is 97.1 cm³/mol. The molecule has 2 aromatic rings. The van der Waals surface area contributed by atoms with Crippen LogP contribution in [0.3, 0.4) is 0 Å². The van der Waals surface area contributed by atoms with Crippen molar-refractivity contribution in [2.45, 2.75) is 46.5 Å². The highest BCUT2D eigenvalue weighted by Crippen LogP contribution is 2.23. The second-order valence-corrected chi connectivity index (χ2v) is 6.08. The molecule has 0 fully saturated rings. The van der Waals surface area contributed by atoms with Crippen LogP contribution in [0, 0.1) is 0 Å². The highest BCUT2D eigenvalue weighted by Gasteiger charge is 2.21. The molecule has 134 valence electrons. The van der Waals surface area contributed by atoms with Gasteiger partial charge in [0.2, 0.25) is 5.91 Å². The zero-order valence-corrected chi connectivity index (χ0v) is 15.2. The molecule has 0 atom stereocenters. The van der Waals surface area contributed by atoms with Gasteiger partial charge in [-0.25, -0.2) is 9.48 Å². The molecular weight excluding hydrogens is 318 g/mol. The molecule has 1 amide bonds. The van der Waals surface area contributed by atoms with Crippen molar-refractivity contribution in [3.63, 3.8) is 0 Å². The molecule has 1 aromatic heterocycles. The summed E-state index contributed by atoms with van der Waals surface area (Å²) in [7, 11) is 0. The third-order valence-electron chi connectivity index (χ3n) is 3.80. The quantitative estimate of drug-likeness (QED) is 0.774. The largest absolute Gasteiger partial charge is 0.462 e. The van der Waals surface area contributed by atoms with Crippen LogP contribution < -0.4 is 5.32 Å². The average molecular weight is 343 g/mol. The number of nitrogens with one attached hydrogen (secondary N) is 1. The Morgan fingerprint density at radius 2 is 1.88 bits per heavy atom. The molecule has 0 radical (unpaired) electrons. The minimum Gasteiger partial charge on any atom is -0.462 e. The number of carbonyl (C=O) groups is 2. The summed E-state index contributed by atoms with van der Waals surface area (Å²) in [5.41, 5.74) is 2.23. The zero-order chi connectivity index (χ0) is 18.4. The van der Waals surface area contributed by atoms with Crippen LogP contribution in [0.4, 0.5) is 5.82 Å². The summed E-state index contributed by atoms with van der Waals surface area (Å²) in [4.78, 5) is 24.2. The molecule has 25 heavy (non-hydrogen) atoms. The number of benzene rings is 1. The van der Waals surface area contributed by atoms with E-state index in [1.165, 1.54) is 11.8 Å². The van der Waals surface area contributed by atoms with E-state index in [0.29, 0.717) is 18.2 Å². The summed E-state index contributed by atoms with van der Waals surface area (Å²) in [6.45, 7) is 8.17. The smallest absolute Gasteiger partial charge is 0.343 e. The Hall–Kier alpha value is -2.63. The molecule has 1 heterocycles. The molecule has 0 aliphatic heterocycles. The van der Waals surface area contributed by atoms with E-state index in [9.17, 15) is 9.59 Å². The highest BCUT2D eigenvalue weighted by molar-refractivity contribution is 6.00. The number of carbonyl (C=O) groups excluding carboxylic acids is 2. The summed E-state index contributed by atoms with van der Waals surface area (Å²) in [6, 6.07) is 7.88. The van der Waals surface area contributed by atoms with Gasteiger partial charge in [-0.3, -0.25) is 4.79 Å². The van der Waals surface area contributed by atoms with Crippen molar-refractivity contribution in [3.05, 3.63) is 41.6 Å². The minimum atomic E-state index is -0.501. The zero-order valence-electron chi connectivity index (χ0n) is 15.2. The third kappa shape index (κ3) is 4.47. The number of anilines is 1. The lowest BCUT2D eigenvalue weighted by Gasteiger charge is -2.12. The van der Waals surface area contributed by atoms with Crippen LogP contribution in [-0.4, -0.2) is 28.3 Å². The van der Waals surface area contributed by atoms with E-state index in [1.807, 2.05) is 31.2 Å². The Morgan fingerprint density at radius 3 is 2.44 bits per heavy atom. The summed E-state index contributed by atoms with van der Waals surface area (Å²) >= 11 is 0. The van der Waals surface area contributed by atoms with E-state index in [2.05, 4.69) is 24.3 Å². The topological polar surface area (TPSA) is 73.2 Å². The van der Waals surface area contributed by atoms with Crippen LogP contribution in [-0.2, 0) is 9.53 Å². The van der Waals surface area contributed by atoms with Crippen molar-refractivity contribution in [3.8, 4) is 5.69 Å². The van der Waals surface area contributed by atoms with Crippen LogP contribution in [0.15, 0.2) is 30.5 Å². The van der Waals surface area contributed by atoms with Crippen molar-refractivity contribution < 1.29 is 14.3 Å². The second kappa shape index (κ2) is 8.46. The van der Waals surface area contributed by atoms with Crippen LogP contribution in [0.25, 0.3) is 5.69 Å². The van der Waals surface area contributed by atoms with E-state index in [1.54, 1.807) is 11.6 Å². The first-order valence-electron chi connectivity index (χ1n) is 8.63. The van der Waals surface area contributed by atoms with Crippen LogP contribution in [0.5, 0.6) is 0 Å². The summed E-state index contributed by atoms with van der Waals surface area (Å²) in [6.07, 6.45) is 2.52. The molecule has 0 saturated heterocycles. The molecular formula is C19H25N3O3. The molecule has 0 unspecified atom stereocenters. The molecule has 1 N–H and O–H groups in total. The maximum atomic E-state index is 12.2. The lowest BCUT2D eigenvalue weighted by molar-refractivity contribution is -0.116. The second-order valence-electron chi connectivity index (χ2n) is 6.08. The fraction of sp³-hybridized carbons (Fsp3) is 0.421. The number of amides is 1. The van der Waals surface area contributed by atoms with Gasteiger partial charge in [-0.2, -0.15) is 5.10 Å². The molecule has 0 aliphatic carbocycles. The van der Waals surface area contributed by atoms with Crippen molar-refractivity contribution in [2.24, 2.45) is 0 Å². The summed E-state index contributed by atoms with van der Waals surface area (Å²) in [5.74, 6) is 0.104. The Bertz CT molecular complexity index is 733. The van der Waals surface area contributed by atoms with Gasteiger partial charge in [-0.1, -0.05) is 32.9 Å². The molecule has 0 saturated carbocycles. The molecule has 0 bridgehead atoms. The van der Waals surface area contributed by atoms with Crippen molar-refractivity contribution in [1.29, 1.82) is 0 Å². The Morgan fingerprint density at radius 1 is 1.20 bits per heavy atom. The molecule has 0 aliphatic rings. The minimum absolute atomic E-state index is 0.159. The van der Waals surface area contributed by atoms with Crippen LogP contribution >= 0.6 is 0 Å². The molecule has 6 nitrogen and oxygen atoms in total. The maximum Gasteiger partial charge on any atom is 0.343 e. The maximum absolute atomic E-state index is 12.2.